The number of para-hydroxylation sites is 1. The van der Waals surface area contributed by atoms with Gasteiger partial charge in [-0.15, -0.1) is 0 Å². The summed E-state index contributed by atoms with van der Waals surface area (Å²) in [5, 5.41) is 23.4. The van der Waals surface area contributed by atoms with E-state index in [9.17, 15) is 36.6 Å². The fourth-order valence-corrected chi connectivity index (χ4v) is 6.23. The molecule has 2 atom stereocenters. The zero-order valence-corrected chi connectivity index (χ0v) is 20.9. The molecule has 1 saturated heterocycles. The predicted octanol–water partition coefficient (Wildman–Crippen LogP) is 3.66. The van der Waals surface area contributed by atoms with Crippen molar-refractivity contribution in [1.29, 1.82) is 0 Å². The van der Waals surface area contributed by atoms with E-state index in [0.29, 0.717) is 16.7 Å². The highest BCUT2D eigenvalue weighted by Gasteiger charge is 2.43. The normalized spacial score (nSPS) is 20.2. The molecule has 4 rings (SSSR count). The van der Waals surface area contributed by atoms with Crippen LogP contribution in [-0.4, -0.2) is 60.6 Å². The summed E-state index contributed by atoms with van der Waals surface area (Å²) in [6.45, 7) is 1.28. The number of carbonyl (C=O) groups excluding carboxylic acids is 1. The number of alkyl halides is 3. The van der Waals surface area contributed by atoms with Crippen LogP contribution in [0, 0.1) is 5.92 Å². The lowest BCUT2D eigenvalue weighted by Crippen LogP contribution is -2.48. The van der Waals surface area contributed by atoms with Gasteiger partial charge in [0.15, 0.2) is 16.1 Å². The van der Waals surface area contributed by atoms with Crippen LogP contribution in [-0.2, 0) is 15.6 Å². The Balaban J connectivity index is 1.40. The number of halogens is 3. The first-order valence-electron chi connectivity index (χ1n) is 11.8. The van der Waals surface area contributed by atoms with E-state index >= 15 is 0 Å². The smallest absolute Gasteiger partial charge is 0.390 e. The number of sulfone groups is 1. The summed E-state index contributed by atoms with van der Waals surface area (Å²) in [5.41, 5.74) is -0.0869. The molecule has 0 radical (unpaired) electrons. The molecule has 2 aromatic rings. The highest BCUT2D eigenvalue weighted by atomic mass is 32.2. The second kappa shape index (κ2) is 10.1. The Hall–Kier alpha value is -2.96. The van der Waals surface area contributed by atoms with Crippen LogP contribution in [0.5, 0.6) is 0 Å². The number of nitrogens with zero attached hydrogens (tertiary/aromatic N) is 2. The molecule has 2 aliphatic rings. The molecule has 0 aliphatic carbocycles. The largest absolute Gasteiger partial charge is 0.391 e. The van der Waals surface area contributed by atoms with Crippen LogP contribution in [0.2, 0.25) is 0 Å². The van der Waals surface area contributed by atoms with Crippen molar-refractivity contribution >= 4 is 27.8 Å². The Bertz CT molecular complexity index is 1290. The summed E-state index contributed by atoms with van der Waals surface area (Å²) in [6.07, 6.45) is -4.62. The van der Waals surface area contributed by atoms with Gasteiger partial charge in [-0.25, -0.2) is 13.4 Å². The highest BCUT2D eigenvalue weighted by molar-refractivity contribution is 7.90. The zero-order valence-electron chi connectivity index (χ0n) is 20.1. The monoisotopic (exact) mass is 539 g/mol. The molecule has 3 N–H and O–H groups in total. The van der Waals surface area contributed by atoms with Gasteiger partial charge in [0, 0.05) is 24.2 Å². The zero-order chi connectivity index (χ0) is 27.0. The summed E-state index contributed by atoms with van der Waals surface area (Å²) in [4.78, 5) is 18.2. The fraction of sp³-hybridized carbons (Fsp3) is 0.440. The maximum Gasteiger partial charge on any atom is 0.391 e. The average molecular weight is 540 g/mol. The quantitative estimate of drug-likeness (QED) is 0.516. The van der Waals surface area contributed by atoms with Crippen molar-refractivity contribution in [3.05, 3.63) is 59.2 Å². The third kappa shape index (κ3) is 5.97. The van der Waals surface area contributed by atoms with Gasteiger partial charge in [0.25, 0.3) is 5.91 Å². The van der Waals surface area contributed by atoms with Gasteiger partial charge in [0.05, 0.1) is 34.2 Å². The molecule has 0 bridgehead atoms. The van der Waals surface area contributed by atoms with Gasteiger partial charge in [-0.3, -0.25) is 4.79 Å². The van der Waals surface area contributed by atoms with Crippen LogP contribution in [0.15, 0.2) is 52.4 Å². The number of nitrogens with one attached hydrogen (secondary N) is 1. The second-order valence-electron chi connectivity index (χ2n) is 9.64. The second-order valence-corrected chi connectivity index (χ2v) is 11.6. The van der Waals surface area contributed by atoms with Crippen molar-refractivity contribution in [3.8, 4) is 0 Å². The minimum atomic E-state index is -4.39. The summed E-state index contributed by atoms with van der Waals surface area (Å²) >= 11 is 0. The number of aliphatic imine (C=N–C) groups is 1. The third-order valence-corrected chi connectivity index (χ3v) is 8.60. The molecule has 8 nitrogen and oxygen atoms in total. The number of aliphatic hydroxyl groups excluding tert-OH is 1. The molecular formula is C25H28F3N3O5S. The molecule has 1 fully saturated rings. The molecule has 12 heteroatoms. The molecule has 200 valence electrons. The first-order chi connectivity index (χ1) is 17.3. The Morgan fingerprint density at radius 2 is 1.84 bits per heavy atom. The van der Waals surface area contributed by atoms with Crippen LogP contribution in [0.25, 0.3) is 0 Å². The highest BCUT2D eigenvalue weighted by Crippen LogP contribution is 2.37. The van der Waals surface area contributed by atoms with Crippen LogP contribution in [0.3, 0.4) is 0 Å². The number of hydrogen-bond donors (Lipinski definition) is 3. The molecule has 2 aromatic carbocycles. The maximum atomic E-state index is 13.1. The van der Waals surface area contributed by atoms with E-state index in [-0.39, 0.29) is 48.2 Å². The van der Waals surface area contributed by atoms with Crippen molar-refractivity contribution in [2.45, 2.75) is 54.8 Å². The number of likely N-dealkylation sites (tertiary alicyclic amines) is 1. The van der Waals surface area contributed by atoms with Crippen molar-refractivity contribution in [3.63, 3.8) is 0 Å². The summed E-state index contributed by atoms with van der Waals surface area (Å²) < 4.78 is 64.9. The van der Waals surface area contributed by atoms with E-state index in [1.807, 2.05) is 0 Å². The number of fused-ring (bicyclic) bond motifs is 1. The summed E-state index contributed by atoms with van der Waals surface area (Å²) in [6, 6.07) is 10.6. The van der Waals surface area contributed by atoms with Gasteiger partial charge in [0.2, 0.25) is 0 Å². The van der Waals surface area contributed by atoms with Crippen molar-refractivity contribution in [2.24, 2.45) is 10.9 Å². The average Bonchev–Trinajstić information content (AvgIpc) is 2.83. The lowest BCUT2D eigenvalue weighted by molar-refractivity contribution is -0.187. The molecule has 37 heavy (non-hydrogen) atoms. The minimum Gasteiger partial charge on any atom is -0.390 e. The molecule has 0 spiro atoms. The van der Waals surface area contributed by atoms with Crippen LogP contribution < -0.4 is 5.32 Å². The van der Waals surface area contributed by atoms with Gasteiger partial charge in [0.1, 0.15) is 0 Å². The predicted molar refractivity (Wildman–Crippen MR) is 131 cm³/mol. The number of aliphatic hydroxyl groups is 2. The number of hydrogen-bond acceptors (Lipinski definition) is 7. The molecular weight excluding hydrogens is 511 g/mol. The number of piperidine rings is 1. The molecule has 2 heterocycles. The van der Waals surface area contributed by atoms with E-state index < -0.39 is 40.2 Å². The van der Waals surface area contributed by atoms with Crippen LogP contribution in [0.1, 0.15) is 53.9 Å². The van der Waals surface area contributed by atoms with Crippen molar-refractivity contribution in [2.75, 3.05) is 18.4 Å². The number of benzene rings is 2. The Morgan fingerprint density at radius 3 is 2.46 bits per heavy atom. The summed E-state index contributed by atoms with van der Waals surface area (Å²) in [7, 11) is -3.80. The Kier molecular flexibility index (Phi) is 7.37. The lowest BCUT2D eigenvalue weighted by atomic mass is 9.83. The van der Waals surface area contributed by atoms with Gasteiger partial charge in [-0.05, 0) is 43.0 Å². The topological polar surface area (TPSA) is 119 Å². The molecule has 0 saturated carbocycles. The van der Waals surface area contributed by atoms with Crippen molar-refractivity contribution in [1.82, 2.24) is 4.90 Å². The van der Waals surface area contributed by atoms with E-state index in [4.69, 9.17) is 0 Å². The van der Waals surface area contributed by atoms with E-state index in [0.717, 1.165) is 6.92 Å². The maximum absolute atomic E-state index is 13.1. The lowest BCUT2D eigenvalue weighted by Gasteiger charge is -2.39. The van der Waals surface area contributed by atoms with E-state index in [1.54, 1.807) is 6.07 Å². The van der Waals surface area contributed by atoms with E-state index in [1.165, 1.54) is 47.6 Å². The van der Waals surface area contributed by atoms with Gasteiger partial charge in [-0.2, -0.15) is 13.2 Å². The van der Waals surface area contributed by atoms with Gasteiger partial charge >= 0.3 is 6.18 Å². The standard InChI is InChI=1S/C25H28F3N3O5S/c1-16(25(26,27)28)13-24(34)9-11-31(12-10-24)23(33)18-7-5-17(6-8-18)14-37(35,36)20-4-2-3-19-21(20)29-15-30-22(19)32/h2-8,15-16,22,32,34H,9-14H2,1H3,(H,29,30). The Labute approximate surface area is 212 Å². The summed E-state index contributed by atoms with van der Waals surface area (Å²) in [5.74, 6) is -2.31. The van der Waals surface area contributed by atoms with Crippen LogP contribution >= 0.6 is 0 Å². The molecule has 0 aromatic heterocycles. The van der Waals surface area contributed by atoms with E-state index in [2.05, 4.69) is 10.3 Å². The van der Waals surface area contributed by atoms with Crippen molar-refractivity contribution < 1.29 is 36.6 Å². The molecule has 2 unspecified atom stereocenters. The van der Waals surface area contributed by atoms with Crippen LogP contribution in [0.4, 0.5) is 18.9 Å². The first kappa shape index (κ1) is 27.1. The first-order valence-corrected chi connectivity index (χ1v) is 13.4. The number of carbonyl (C=O) groups is 1. The number of amides is 1. The fourth-order valence-electron chi connectivity index (χ4n) is 4.67. The third-order valence-electron chi connectivity index (χ3n) is 6.88. The minimum absolute atomic E-state index is 0.0241. The van der Waals surface area contributed by atoms with Gasteiger partial charge < -0.3 is 20.4 Å². The number of anilines is 1. The van der Waals surface area contributed by atoms with Gasteiger partial charge in [-0.1, -0.05) is 31.2 Å². The molecule has 2 aliphatic heterocycles. The Morgan fingerprint density at radius 1 is 1.19 bits per heavy atom. The number of rotatable bonds is 6. The SMILES string of the molecule is CC(CC1(O)CCN(C(=O)c2ccc(CS(=O)(=O)c3cccc4c3NC=NC4O)cc2)CC1)C(F)(F)F. The molecule has 1 amide bonds.